The number of carbonyl (C=O) groups is 1. The molecule has 0 atom stereocenters. The van der Waals surface area contributed by atoms with Crippen molar-refractivity contribution >= 4 is 27.0 Å². The smallest absolute Gasteiger partial charge is 0.210 e. The lowest BCUT2D eigenvalue weighted by Crippen LogP contribution is -2.29. The van der Waals surface area contributed by atoms with Crippen LogP contribution in [0.4, 0.5) is 4.39 Å². The number of ether oxygens (including phenoxy) is 1. The maximum absolute atomic E-state index is 14.2. The van der Waals surface area contributed by atoms with Crippen LogP contribution in [0.3, 0.4) is 0 Å². The van der Waals surface area contributed by atoms with E-state index >= 15 is 0 Å². The van der Waals surface area contributed by atoms with Crippen molar-refractivity contribution < 1.29 is 22.3 Å². The van der Waals surface area contributed by atoms with E-state index in [1.54, 1.807) is 19.9 Å². The number of hydrogen-bond acceptors (Lipinski definition) is 5. The van der Waals surface area contributed by atoms with E-state index in [2.05, 4.69) is 4.98 Å². The third kappa shape index (κ3) is 3.07. The minimum absolute atomic E-state index is 0.0899. The van der Waals surface area contributed by atoms with Gasteiger partial charge in [0, 0.05) is 23.6 Å². The normalized spacial score (nSPS) is 16.9. The molecular formula is C18H16FNO4S. The van der Waals surface area contributed by atoms with Gasteiger partial charge in [-0.2, -0.15) is 0 Å². The zero-order chi connectivity index (χ0) is 18.4. The molecule has 7 heteroatoms. The van der Waals surface area contributed by atoms with Crippen LogP contribution >= 0.6 is 0 Å². The van der Waals surface area contributed by atoms with Gasteiger partial charge < -0.3 is 4.74 Å². The number of nitrogens with zero attached hydrogens (tertiary/aromatic N) is 1. The van der Waals surface area contributed by atoms with Crippen molar-refractivity contribution in [2.75, 3.05) is 6.26 Å². The highest BCUT2D eigenvalue weighted by atomic mass is 32.2. The average Bonchev–Trinajstić information content (AvgIpc) is 2.78. The first-order valence-electron chi connectivity index (χ1n) is 7.51. The summed E-state index contributed by atoms with van der Waals surface area (Å²) in [4.78, 5) is 16.6. The Kier molecular flexibility index (Phi) is 3.99. The summed E-state index contributed by atoms with van der Waals surface area (Å²) in [5, 5.41) is -0.0899. The van der Waals surface area contributed by atoms with Crippen molar-refractivity contribution in [1.82, 2.24) is 4.98 Å². The van der Waals surface area contributed by atoms with Crippen LogP contribution in [0.15, 0.2) is 47.6 Å². The molecule has 0 saturated heterocycles. The number of hydrogen-bond donors (Lipinski definition) is 0. The Balaban J connectivity index is 2.19. The maximum atomic E-state index is 14.2. The molecule has 2 heterocycles. The number of halogens is 1. The molecule has 3 rings (SSSR count). The van der Waals surface area contributed by atoms with Crippen LogP contribution in [0.2, 0.25) is 0 Å². The second-order valence-electron chi connectivity index (χ2n) is 6.28. The highest BCUT2D eigenvalue weighted by Gasteiger charge is 2.43. The zero-order valence-corrected chi connectivity index (χ0v) is 14.7. The Bertz CT molecular complexity index is 992. The summed E-state index contributed by atoms with van der Waals surface area (Å²) < 4.78 is 43.1. The molecule has 25 heavy (non-hydrogen) atoms. The van der Waals surface area contributed by atoms with Crippen LogP contribution in [-0.2, 0) is 19.4 Å². The molecule has 0 radical (unpaired) electrons. The topological polar surface area (TPSA) is 73.3 Å². The Hall–Kier alpha value is -2.54. The fourth-order valence-corrected chi connectivity index (χ4v) is 3.16. The van der Waals surface area contributed by atoms with Gasteiger partial charge >= 0.3 is 0 Å². The number of rotatable bonds is 3. The lowest BCUT2D eigenvalue weighted by molar-refractivity contribution is -0.125. The first kappa shape index (κ1) is 17.3. The van der Waals surface area contributed by atoms with Gasteiger partial charge in [-0.3, -0.25) is 4.79 Å². The molecular weight excluding hydrogens is 345 g/mol. The molecule has 0 saturated carbocycles. The zero-order valence-electron chi connectivity index (χ0n) is 13.9. The Morgan fingerprint density at radius 3 is 2.36 bits per heavy atom. The molecule has 0 amide bonds. The molecule has 2 aromatic rings. The van der Waals surface area contributed by atoms with E-state index in [9.17, 15) is 17.6 Å². The number of ketones is 1. The van der Waals surface area contributed by atoms with Crippen molar-refractivity contribution in [3.05, 3.63) is 59.5 Å². The van der Waals surface area contributed by atoms with Crippen molar-refractivity contribution in [3.63, 3.8) is 0 Å². The molecule has 0 spiro atoms. The van der Waals surface area contributed by atoms with E-state index in [-0.39, 0.29) is 27.7 Å². The van der Waals surface area contributed by atoms with Crippen molar-refractivity contribution in [3.8, 4) is 0 Å². The summed E-state index contributed by atoms with van der Waals surface area (Å²) in [6.45, 7) is 3.20. The van der Waals surface area contributed by atoms with Crippen LogP contribution in [0, 0.1) is 5.82 Å². The molecule has 0 unspecified atom stereocenters. The molecule has 1 aliphatic heterocycles. The molecule has 0 N–H and O–H groups in total. The summed E-state index contributed by atoms with van der Waals surface area (Å²) >= 11 is 0. The number of benzene rings is 1. The number of aromatic nitrogens is 1. The summed E-state index contributed by atoms with van der Waals surface area (Å²) in [5.74, 6) is -0.696. The molecule has 130 valence electrons. The molecule has 0 fully saturated rings. The van der Waals surface area contributed by atoms with E-state index in [0.717, 1.165) is 6.26 Å². The predicted octanol–water partition coefficient (Wildman–Crippen LogP) is 2.87. The van der Waals surface area contributed by atoms with E-state index in [0.29, 0.717) is 5.56 Å². The minimum Gasteiger partial charge on any atom is -0.478 e. The minimum atomic E-state index is -3.44. The third-order valence-electron chi connectivity index (χ3n) is 3.88. The van der Waals surface area contributed by atoms with E-state index in [1.165, 1.54) is 36.5 Å². The van der Waals surface area contributed by atoms with Crippen molar-refractivity contribution in [1.29, 1.82) is 0 Å². The van der Waals surface area contributed by atoms with Gasteiger partial charge in [-0.1, -0.05) is 18.2 Å². The van der Waals surface area contributed by atoms with Crippen molar-refractivity contribution in [2.45, 2.75) is 24.5 Å². The molecule has 0 aliphatic carbocycles. The standard InChI is InChI=1S/C18H16FNO4S/c1-18(2)17(21)15(12-6-4-5-7-13(12)19)16(24-18)11-8-9-14(20-10-11)25(3,22)23/h4-10H,1-3H3. The van der Waals surface area contributed by atoms with Gasteiger partial charge in [0.2, 0.25) is 5.78 Å². The Labute approximate surface area is 145 Å². The first-order valence-corrected chi connectivity index (χ1v) is 9.40. The average molecular weight is 361 g/mol. The molecule has 1 aliphatic rings. The van der Waals surface area contributed by atoms with Crippen LogP contribution in [-0.4, -0.2) is 31.0 Å². The van der Waals surface area contributed by atoms with E-state index < -0.39 is 21.3 Å². The van der Waals surface area contributed by atoms with Crippen LogP contribution in [0.25, 0.3) is 11.3 Å². The summed E-state index contributed by atoms with van der Waals surface area (Å²) in [5.41, 5.74) is -0.482. The maximum Gasteiger partial charge on any atom is 0.210 e. The first-order chi connectivity index (χ1) is 11.6. The quantitative estimate of drug-likeness (QED) is 0.840. The monoisotopic (exact) mass is 361 g/mol. The third-order valence-corrected chi connectivity index (χ3v) is 4.88. The van der Waals surface area contributed by atoms with Crippen LogP contribution in [0.1, 0.15) is 25.0 Å². The molecule has 1 aromatic carbocycles. The van der Waals surface area contributed by atoms with Gasteiger partial charge in [0.15, 0.2) is 20.5 Å². The number of pyridine rings is 1. The lowest BCUT2D eigenvalue weighted by atomic mass is 9.92. The fourth-order valence-electron chi connectivity index (χ4n) is 2.60. The largest absolute Gasteiger partial charge is 0.478 e. The second kappa shape index (κ2) is 5.77. The van der Waals surface area contributed by atoms with Gasteiger partial charge in [0.1, 0.15) is 11.6 Å². The summed E-state index contributed by atoms with van der Waals surface area (Å²) in [6.07, 6.45) is 2.36. The SMILES string of the molecule is CC1(C)OC(c2ccc(S(C)(=O)=O)nc2)=C(c2ccccc2F)C1=O. The van der Waals surface area contributed by atoms with Gasteiger partial charge in [-0.05, 0) is 32.0 Å². The van der Waals surface area contributed by atoms with Crippen LogP contribution < -0.4 is 0 Å². The van der Waals surface area contributed by atoms with Crippen LogP contribution in [0.5, 0.6) is 0 Å². The Morgan fingerprint density at radius 2 is 1.80 bits per heavy atom. The fraction of sp³-hybridized carbons (Fsp3) is 0.222. The number of sulfone groups is 1. The highest BCUT2D eigenvalue weighted by Crippen LogP contribution is 2.41. The molecule has 1 aromatic heterocycles. The van der Waals surface area contributed by atoms with Gasteiger partial charge in [-0.15, -0.1) is 0 Å². The van der Waals surface area contributed by atoms with Crippen molar-refractivity contribution in [2.24, 2.45) is 0 Å². The predicted molar refractivity (Wildman–Crippen MR) is 90.7 cm³/mol. The van der Waals surface area contributed by atoms with Gasteiger partial charge in [-0.25, -0.2) is 17.8 Å². The number of Topliss-reactive ketones (excluding diaryl/α,β-unsaturated/α-hetero) is 1. The van der Waals surface area contributed by atoms with Gasteiger partial charge in [0.25, 0.3) is 0 Å². The Morgan fingerprint density at radius 1 is 1.12 bits per heavy atom. The number of carbonyl (C=O) groups excluding carboxylic acids is 1. The lowest BCUT2D eigenvalue weighted by Gasteiger charge is -2.17. The highest BCUT2D eigenvalue weighted by molar-refractivity contribution is 7.90. The second-order valence-corrected chi connectivity index (χ2v) is 8.25. The summed E-state index contributed by atoms with van der Waals surface area (Å²) in [6, 6.07) is 8.76. The molecule has 0 bridgehead atoms. The van der Waals surface area contributed by atoms with Gasteiger partial charge in [0.05, 0.1) is 5.57 Å². The van der Waals surface area contributed by atoms with E-state index in [1.807, 2.05) is 0 Å². The summed E-state index contributed by atoms with van der Waals surface area (Å²) in [7, 11) is -3.44. The van der Waals surface area contributed by atoms with E-state index in [4.69, 9.17) is 4.74 Å². The molecule has 5 nitrogen and oxygen atoms in total.